The maximum Gasteiger partial charge on any atom is 0.248 e. The Morgan fingerprint density at radius 1 is 1.42 bits per heavy atom. The average molecular weight is 243 g/mol. The highest BCUT2D eigenvalue weighted by Crippen LogP contribution is 2.37. The Balaban J connectivity index is 2.36. The van der Waals surface area contributed by atoms with Crippen molar-refractivity contribution in [1.29, 1.82) is 0 Å². The Bertz CT molecular complexity index is 142. The first-order valence-corrected chi connectivity index (χ1v) is 5.29. The van der Waals surface area contributed by atoms with Crippen LogP contribution in [0, 0.1) is 5.92 Å². The number of aliphatic hydroxyl groups is 1. The standard InChI is InChI=1S/C8H13BrF2O/c9-5-7(12)6-1-3-8(10,11)4-2-6/h6-7,12H,1-5H2. The zero-order chi connectivity index (χ0) is 9.19. The van der Waals surface area contributed by atoms with E-state index in [4.69, 9.17) is 0 Å². The third-order valence-electron chi connectivity index (χ3n) is 2.46. The molecule has 1 fully saturated rings. The van der Waals surface area contributed by atoms with Crippen LogP contribution in [-0.4, -0.2) is 22.5 Å². The number of hydrogen-bond acceptors (Lipinski definition) is 1. The van der Waals surface area contributed by atoms with E-state index < -0.39 is 12.0 Å². The van der Waals surface area contributed by atoms with Gasteiger partial charge < -0.3 is 5.11 Å². The Labute approximate surface area is 79.3 Å². The molecule has 1 nitrogen and oxygen atoms in total. The van der Waals surface area contributed by atoms with E-state index in [0.29, 0.717) is 18.2 Å². The number of alkyl halides is 3. The highest BCUT2D eigenvalue weighted by molar-refractivity contribution is 9.09. The van der Waals surface area contributed by atoms with Crippen LogP contribution < -0.4 is 0 Å². The van der Waals surface area contributed by atoms with Gasteiger partial charge in [0.05, 0.1) is 6.10 Å². The van der Waals surface area contributed by atoms with Crippen molar-refractivity contribution in [2.45, 2.75) is 37.7 Å². The van der Waals surface area contributed by atoms with Crippen molar-refractivity contribution in [2.24, 2.45) is 5.92 Å². The molecule has 0 bridgehead atoms. The molecule has 1 unspecified atom stereocenters. The van der Waals surface area contributed by atoms with Crippen LogP contribution in [0.4, 0.5) is 8.78 Å². The summed E-state index contributed by atoms with van der Waals surface area (Å²) in [6, 6.07) is 0. The summed E-state index contributed by atoms with van der Waals surface area (Å²) in [5.41, 5.74) is 0. The highest BCUT2D eigenvalue weighted by Gasteiger charge is 2.36. The quantitative estimate of drug-likeness (QED) is 0.739. The van der Waals surface area contributed by atoms with E-state index >= 15 is 0 Å². The second-order valence-corrected chi connectivity index (χ2v) is 4.06. The van der Waals surface area contributed by atoms with Crippen molar-refractivity contribution in [3.63, 3.8) is 0 Å². The summed E-state index contributed by atoms with van der Waals surface area (Å²) < 4.78 is 25.3. The Morgan fingerprint density at radius 2 is 1.92 bits per heavy atom. The molecule has 72 valence electrons. The van der Waals surface area contributed by atoms with Crippen LogP contribution in [0.1, 0.15) is 25.7 Å². The van der Waals surface area contributed by atoms with Crippen molar-refractivity contribution < 1.29 is 13.9 Å². The van der Waals surface area contributed by atoms with Gasteiger partial charge in [-0.15, -0.1) is 0 Å². The summed E-state index contributed by atoms with van der Waals surface area (Å²) in [5, 5.41) is 9.85. The number of aliphatic hydroxyl groups excluding tert-OH is 1. The van der Waals surface area contributed by atoms with E-state index in [1.165, 1.54) is 0 Å². The molecule has 0 aromatic rings. The molecular formula is C8H13BrF2O. The fourth-order valence-corrected chi connectivity index (χ4v) is 2.10. The summed E-state index contributed by atoms with van der Waals surface area (Å²) in [4.78, 5) is 0. The van der Waals surface area contributed by atoms with Gasteiger partial charge in [-0.25, -0.2) is 8.78 Å². The number of hydrogen-bond donors (Lipinski definition) is 1. The first-order chi connectivity index (χ1) is 5.55. The van der Waals surface area contributed by atoms with Gasteiger partial charge in [0.2, 0.25) is 5.92 Å². The molecule has 0 aromatic carbocycles. The molecule has 1 aliphatic rings. The molecule has 4 heteroatoms. The van der Waals surface area contributed by atoms with Crippen LogP contribution in [0.25, 0.3) is 0 Å². The summed E-state index contributed by atoms with van der Waals surface area (Å²) in [6.45, 7) is 0. The predicted octanol–water partition coefficient (Wildman–Crippen LogP) is 2.57. The Morgan fingerprint density at radius 3 is 2.33 bits per heavy atom. The lowest BCUT2D eigenvalue weighted by molar-refractivity contribution is -0.0592. The predicted molar refractivity (Wildman–Crippen MR) is 46.7 cm³/mol. The second kappa shape index (κ2) is 4.01. The fraction of sp³-hybridized carbons (Fsp3) is 1.00. The van der Waals surface area contributed by atoms with E-state index in [9.17, 15) is 13.9 Å². The molecule has 1 atom stereocenters. The van der Waals surface area contributed by atoms with E-state index in [-0.39, 0.29) is 18.8 Å². The maximum atomic E-state index is 12.7. The van der Waals surface area contributed by atoms with E-state index in [0.717, 1.165) is 0 Å². The molecular weight excluding hydrogens is 230 g/mol. The Hall–Kier alpha value is 0.300. The molecule has 0 aliphatic heterocycles. The topological polar surface area (TPSA) is 20.2 Å². The first kappa shape index (κ1) is 10.4. The lowest BCUT2D eigenvalue weighted by atomic mass is 9.84. The average Bonchev–Trinajstić information content (AvgIpc) is 2.03. The largest absolute Gasteiger partial charge is 0.392 e. The summed E-state index contributed by atoms with van der Waals surface area (Å²) in [6.07, 6.45) is 0.296. The minimum absolute atomic E-state index is 0.0593. The zero-order valence-corrected chi connectivity index (χ0v) is 8.36. The summed E-state index contributed by atoms with van der Waals surface area (Å²) in [7, 11) is 0. The van der Waals surface area contributed by atoms with Crippen molar-refractivity contribution in [3.8, 4) is 0 Å². The van der Waals surface area contributed by atoms with Crippen LogP contribution in [0.5, 0.6) is 0 Å². The summed E-state index contributed by atoms with van der Waals surface area (Å²) in [5.74, 6) is -2.42. The first-order valence-electron chi connectivity index (χ1n) is 4.17. The smallest absolute Gasteiger partial charge is 0.248 e. The van der Waals surface area contributed by atoms with Gasteiger partial charge in [0.1, 0.15) is 0 Å². The van der Waals surface area contributed by atoms with E-state index in [1.807, 2.05) is 0 Å². The van der Waals surface area contributed by atoms with Gasteiger partial charge in [-0.3, -0.25) is 0 Å². The third kappa shape index (κ3) is 2.66. The minimum Gasteiger partial charge on any atom is -0.392 e. The maximum absolute atomic E-state index is 12.7. The van der Waals surface area contributed by atoms with E-state index in [2.05, 4.69) is 15.9 Å². The van der Waals surface area contributed by atoms with Crippen LogP contribution in [0.2, 0.25) is 0 Å². The van der Waals surface area contributed by atoms with Crippen LogP contribution in [0.15, 0.2) is 0 Å². The van der Waals surface area contributed by atoms with Crippen molar-refractivity contribution >= 4 is 15.9 Å². The van der Waals surface area contributed by atoms with Crippen molar-refractivity contribution in [3.05, 3.63) is 0 Å². The molecule has 1 aliphatic carbocycles. The lowest BCUT2D eigenvalue weighted by Gasteiger charge is -2.30. The van der Waals surface area contributed by atoms with Gasteiger partial charge in [-0.05, 0) is 18.8 Å². The molecule has 0 aromatic heterocycles. The van der Waals surface area contributed by atoms with Gasteiger partial charge in [0.25, 0.3) is 0 Å². The Kier molecular flexibility index (Phi) is 3.47. The molecule has 1 N–H and O–H groups in total. The van der Waals surface area contributed by atoms with Gasteiger partial charge in [-0.2, -0.15) is 0 Å². The zero-order valence-electron chi connectivity index (χ0n) is 6.77. The van der Waals surface area contributed by atoms with Crippen LogP contribution in [0.3, 0.4) is 0 Å². The molecule has 0 radical (unpaired) electrons. The fourth-order valence-electron chi connectivity index (χ4n) is 1.57. The molecule has 1 saturated carbocycles. The SMILES string of the molecule is OC(CBr)C1CCC(F)(F)CC1. The van der Waals surface area contributed by atoms with Gasteiger partial charge >= 0.3 is 0 Å². The normalized spacial score (nSPS) is 27.0. The number of rotatable bonds is 2. The third-order valence-corrected chi connectivity index (χ3v) is 3.13. The molecule has 0 saturated heterocycles. The molecule has 0 amide bonds. The second-order valence-electron chi connectivity index (χ2n) is 3.42. The van der Waals surface area contributed by atoms with E-state index in [1.54, 1.807) is 0 Å². The lowest BCUT2D eigenvalue weighted by Crippen LogP contribution is -2.31. The molecule has 12 heavy (non-hydrogen) atoms. The highest BCUT2D eigenvalue weighted by atomic mass is 79.9. The van der Waals surface area contributed by atoms with Gasteiger partial charge in [-0.1, -0.05) is 15.9 Å². The molecule has 0 spiro atoms. The molecule has 1 rings (SSSR count). The monoisotopic (exact) mass is 242 g/mol. The van der Waals surface area contributed by atoms with Crippen LogP contribution >= 0.6 is 15.9 Å². The van der Waals surface area contributed by atoms with Crippen molar-refractivity contribution in [1.82, 2.24) is 0 Å². The van der Waals surface area contributed by atoms with Gasteiger partial charge in [0.15, 0.2) is 0 Å². The van der Waals surface area contributed by atoms with Crippen molar-refractivity contribution in [2.75, 3.05) is 5.33 Å². The minimum atomic E-state index is -2.48. The van der Waals surface area contributed by atoms with Gasteiger partial charge in [0, 0.05) is 18.2 Å². The number of halogens is 3. The molecule has 0 heterocycles. The summed E-state index contributed by atoms with van der Waals surface area (Å²) >= 11 is 3.14. The van der Waals surface area contributed by atoms with Crippen LogP contribution in [-0.2, 0) is 0 Å².